The van der Waals surface area contributed by atoms with Crippen LogP contribution in [-0.4, -0.2) is 60.5 Å². The second kappa shape index (κ2) is 5.46. The first-order valence-electron chi connectivity index (χ1n) is 7.08. The van der Waals surface area contributed by atoms with Gasteiger partial charge < -0.3 is 19.0 Å². The predicted octanol–water partition coefficient (Wildman–Crippen LogP) is 1.07. The second-order valence-electron chi connectivity index (χ2n) is 5.51. The molecular formula is C13H22N4O2. The smallest absolute Gasteiger partial charge is 0.318 e. The molecule has 0 spiro atoms. The van der Waals surface area contributed by atoms with Gasteiger partial charge in [0.05, 0.1) is 6.10 Å². The number of nitrogens with zero attached hydrogens (tertiary/aromatic N) is 4. The van der Waals surface area contributed by atoms with Crippen LogP contribution in [0.3, 0.4) is 0 Å². The fourth-order valence-corrected chi connectivity index (χ4v) is 3.12. The molecule has 2 atom stereocenters. The van der Waals surface area contributed by atoms with Crippen LogP contribution in [0.5, 0.6) is 0 Å². The number of methoxy groups -OCH3 is 1. The maximum absolute atomic E-state index is 5.58. The molecular weight excluding hydrogens is 244 g/mol. The first kappa shape index (κ1) is 12.9. The van der Waals surface area contributed by atoms with Gasteiger partial charge in [-0.25, -0.2) is 0 Å². The zero-order valence-electron chi connectivity index (χ0n) is 11.7. The van der Waals surface area contributed by atoms with Crippen LogP contribution in [0.2, 0.25) is 0 Å². The van der Waals surface area contributed by atoms with E-state index in [4.69, 9.17) is 9.15 Å². The van der Waals surface area contributed by atoms with Crippen molar-refractivity contribution in [2.75, 3.05) is 38.2 Å². The molecule has 19 heavy (non-hydrogen) atoms. The Morgan fingerprint density at radius 3 is 2.74 bits per heavy atom. The van der Waals surface area contributed by atoms with Crippen LogP contribution in [0.25, 0.3) is 0 Å². The van der Waals surface area contributed by atoms with E-state index in [0.29, 0.717) is 17.9 Å². The summed E-state index contributed by atoms with van der Waals surface area (Å²) in [7, 11) is 1.78. The molecule has 1 aromatic rings. The highest BCUT2D eigenvalue weighted by Gasteiger charge is 2.36. The highest BCUT2D eigenvalue weighted by Crippen LogP contribution is 2.27. The van der Waals surface area contributed by atoms with Crippen molar-refractivity contribution in [3.05, 3.63) is 5.89 Å². The molecule has 2 saturated heterocycles. The first-order valence-corrected chi connectivity index (χ1v) is 7.08. The van der Waals surface area contributed by atoms with Gasteiger partial charge in [0, 0.05) is 33.2 Å². The Balaban J connectivity index is 1.71. The van der Waals surface area contributed by atoms with Gasteiger partial charge in [-0.3, -0.25) is 0 Å². The Labute approximate surface area is 113 Å². The second-order valence-corrected chi connectivity index (χ2v) is 5.51. The molecule has 0 unspecified atom stereocenters. The van der Waals surface area contributed by atoms with Gasteiger partial charge in [0.2, 0.25) is 5.89 Å². The van der Waals surface area contributed by atoms with Gasteiger partial charge in [-0.15, -0.1) is 5.10 Å². The van der Waals surface area contributed by atoms with E-state index in [0.717, 1.165) is 19.5 Å². The van der Waals surface area contributed by atoms with Gasteiger partial charge in [-0.1, -0.05) is 5.10 Å². The number of ether oxygens (including phenoxy) is 1. The van der Waals surface area contributed by atoms with Gasteiger partial charge in [0.25, 0.3) is 0 Å². The number of hydrogen-bond donors (Lipinski definition) is 0. The van der Waals surface area contributed by atoms with Crippen LogP contribution in [-0.2, 0) is 4.74 Å². The molecule has 3 heterocycles. The maximum atomic E-state index is 5.58. The highest BCUT2D eigenvalue weighted by atomic mass is 16.5. The normalized spacial score (nSPS) is 28.4. The molecule has 2 aliphatic rings. The minimum atomic E-state index is 0.264. The van der Waals surface area contributed by atoms with Crippen molar-refractivity contribution in [3.8, 4) is 0 Å². The number of hydrogen-bond acceptors (Lipinski definition) is 6. The van der Waals surface area contributed by atoms with E-state index in [9.17, 15) is 0 Å². The summed E-state index contributed by atoms with van der Waals surface area (Å²) in [4.78, 5) is 4.74. The zero-order chi connectivity index (χ0) is 13.2. The van der Waals surface area contributed by atoms with E-state index >= 15 is 0 Å². The van der Waals surface area contributed by atoms with Gasteiger partial charge in [-0.05, 0) is 32.4 Å². The fraction of sp³-hybridized carbons (Fsp3) is 0.846. The molecule has 2 fully saturated rings. The minimum absolute atomic E-state index is 0.264. The quantitative estimate of drug-likeness (QED) is 0.812. The molecule has 0 N–H and O–H groups in total. The van der Waals surface area contributed by atoms with Gasteiger partial charge in [0.1, 0.15) is 0 Å². The number of rotatable bonds is 4. The van der Waals surface area contributed by atoms with Crippen molar-refractivity contribution >= 4 is 6.01 Å². The van der Waals surface area contributed by atoms with E-state index in [-0.39, 0.29) is 6.10 Å². The Morgan fingerprint density at radius 1 is 1.32 bits per heavy atom. The third-order valence-corrected chi connectivity index (χ3v) is 4.14. The van der Waals surface area contributed by atoms with Crippen LogP contribution in [0, 0.1) is 6.92 Å². The van der Waals surface area contributed by atoms with Crippen molar-refractivity contribution in [1.29, 1.82) is 0 Å². The topological polar surface area (TPSA) is 54.6 Å². The number of anilines is 1. The summed E-state index contributed by atoms with van der Waals surface area (Å²) in [5.74, 6) is 0.621. The van der Waals surface area contributed by atoms with Crippen LogP contribution >= 0.6 is 0 Å². The van der Waals surface area contributed by atoms with Crippen molar-refractivity contribution in [1.82, 2.24) is 15.1 Å². The average molecular weight is 266 g/mol. The van der Waals surface area contributed by atoms with E-state index < -0.39 is 0 Å². The Bertz CT molecular complexity index is 417. The van der Waals surface area contributed by atoms with Crippen LogP contribution < -0.4 is 4.90 Å². The molecule has 0 aromatic carbocycles. The van der Waals surface area contributed by atoms with Crippen LogP contribution in [0.1, 0.15) is 25.2 Å². The molecule has 106 valence electrons. The standard InChI is InChI=1S/C13H22N4O2/c1-10-14-15-13(19-10)17-9-12(18-2)7-11(17)8-16-5-3-4-6-16/h11-12H,3-9H2,1-2H3/t11-,12-/m0/s1. The molecule has 0 amide bonds. The van der Waals surface area contributed by atoms with Crippen molar-refractivity contribution in [2.45, 2.75) is 38.3 Å². The van der Waals surface area contributed by atoms with E-state index in [2.05, 4.69) is 20.0 Å². The molecule has 6 heteroatoms. The van der Waals surface area contributed by atoms with E-state index in [1.165, 1.54) is 25.9 Å². The maximum Gasteiger partial charge on any atom is 0.318 e. The largest absolute Gasteiger partial charge is 0.408 e. The Hall–Kier alpha value is -1.14. The summed E-state index contributed by atoms with van der Waals surface area (Å²) in [6.45, 7) is 6.17. The molecule has 1 aromatic heterocycles. The first-order chi connectivity index (χ1) is 9.26. The summed E-state index contributed by atoms with van der Waals surface area (Å²) >= 11 is 0. The van der Waals surface area contributed by atoms with E-state index in [1.807, 2.05) is 6.92 Å². The monoisotopic (exact) mass is 266 g/mol. The van der Waals surface area contributed by atoms with Gasteiger partial charge in [0.15, 0.2) is 0 Å². The zero-order valence-corrected chi connectivity index (χ0v) is 11.7. The van der Waals surface area contributed by atoms with Crippen molar-refractivity contribution in [3.63, 3.8) is 0 Å². The predicted molar refractivity (Wildman–Crippen MR) is 71.3 cm³/mol. The SMILES string of the molecule is CO[C@H]1C[C@@H](CN2CCCC2)N(c2nnc(C)o2)C1. The van der Waals surface area contributed by atoms with Crippen LogP contribution in [0.15, 0.2) is 4.42 Å². The van der Waals surface area contributed by atoms with Crippen molar-refractivity contribution < 1.29 is 9.15 Å². The molecule has 0 saturated carbocycles. The number of aryl methyl sites for hydroxylation is 1. The molecule has 0 radical (unpaired) electrons. The summed E-state index contributed by atoms with van der Waals surface area (Å²) in [6, 6.07) is 1.06. The lowest BCUT2D eigenvalue weighted by Gasteiger charge is -2.26. The molecule has 6 nitrogen and oxygen atoms in total. The lowest BCUT2D eigenvalue weighted by molar-refractivity contribution is 0.116. The molecule has 3 rings (SSSR count). The lowest BCUT2D eigenvalue weighted by Crippen LogP contribution is -2.39. The average Bonchev–Trinajstić information content (AvgIpc) is 3.10. The van der Waals surface area contributed by atoms with Crippen molar-refractivity contribution in [2.24, 2.45) is 0 Å². The highest BCUT2D eigenvalue weighted by molar-refractivity contribution is 5.30. The summed E-state index contributed by atoms with van der Waals surface area (Å²) in [5.41, 5.74) is 0. The van der Waals surface area contributed by atoms with Crippen LogP contribution in [0.4, 0.5) is 6.01 Å². The van der Waals surface area contributed by atoms with Gasteiger partial charge >= 0.3 is 6.01 Å². The minimum Gasteiger partial charge on any atom is -0.408 e. The van der Waals surface area contributed by atoms with E-state index in [1.54, 1.807) is 7.11 Å². The molecule has 0 aliphatic carbocycles. The number of aromatic nitrogens is 2. The summed E-state index contributed by atoms with van der Waals surface area (Å²) in [6.07, 6.45) is 3.94. The lowest BCUT2D eigenvalue weighted by atomic mass is 10.2. The third-order valence-electron chi connectivity index (χ3n) is 4.14. The summed E-state index contributed by atoms with van der Waals surface area (Å²) < 4.78 is 11.1. The molecule has 2 aliphatic heterocycles. The Morgan fingerprint density at radius 2 is 2.11 bits per heavy atom. The molecule has 0 bridgehead atoms. The van der Waals surface area contributed by atoms with Gasteiger partial charge in [-0.2, -0.15) is 0 Å². The fourth-order valence-electron chi connectivity index (χ4n) is 3.12. The summed E-state index contributed by atoms with van der Waals surface area (Å²) in [5, 5.41) is 8.09. The third kappa shape index (κ3) is 2.74. The Kier molecular flexibility index (Phi) is 3.70. The number of likely N-dealkylation sites (tertiary alicyclic amines) is 1.